The summed E-state index contributed by atoms with van der Waals surface area (Å²) in [5, 5.41) is 3.35. The number of methoxy groups -OCH3 is 2. The Bertz CT molecular complexity index is 676. The highest BCUT2D eigenvalue weighted by Gasteiger charge is 2.54. The van der Waals surface area contributed by atoms with Crippen LogP contribution in [-0.4, -0.2) is 20.1 Å². The molecule has 1 aromatic rings. The van der Waals surface area contributed by atoms with Crippen LogP contribution in [0.5, 0.6) is 11.5 Å². The van der Waals surface area contributed by atoms with E-state index in [1.54, 1.807) is 14.2 Å². The number of rotatable bonds is 5. The number of aryl methyl sites for hydroxylation is 1. The highest BCUT2D eigenvalue weighted by Crippen LogP contribution is 2.60. The fourth-order valence-electron chi connectivity index (χ4n) is 6.28. The van der Waals surface area contributed by atoms with E-state index in [1.165, 1.54) is 19.3 Å². The summed E-state index contributed by atoms with van der Waals surface area (Å²) >= 11 is 0. The summed E-state index contributed by atoms with van der Waals surface area (Å²) in [7, 11) is 3.30. The lowest BCUT2D eigenvalue weighted by Crippen LogP contribution is -2.53. The van der Waals surface area contributed by atoms with E-state index in [0.29, 0.717) is 5.75 Å². The van der Waals surface area contributed by atoms with Gasteiger partial charge >= 0.3 is 0 Å². The van der Waals surface area contributed by atoms with Gasteiger partial charge in [-0.1, -0.05) is 0 Å². The van der Waals surface area contributed by atoms with Crippen LogP contribution < -0.4 is 14.8 Å². The van der Waals surface area contributed by atoms with Gasteiger partial charge in [0.2, 0.25) is 5.91 Å². The van der Waals surface area contributed by atoms with Crippen LogP contribution in [0.15, 0.2) is 12.1 Å². The smallest absolute Gasteiger partial charge is 0.226 e. The van der Waals surface area contributed by atoms with Crippen molar-refractivity contribution in [2.45, 2.75) is 58.4 Å². The third-order valence-corrected chi connectivity index (χ3v) is 7.11. The summed E-state index contributed by atoms with van der Waals surface area (Å²) < 4.78 is 10.8. The summed E-state index contributed by atoms with van der Waals surface area (Å²) in [5.74, 6) is 4.07. The van der Waals surface area contributed by atoms with Crippen molar-refractivity contribution in [3.8, 4) is 11.5 Å². The quantitative estimate of drug-likeness (QED) is 0.849. The molecule has 0 spiro atoms. The second-order valence-electron chi connectivity index (χ2n) is 8.96. The molecule has 4 nitrogen and oxygen atoms in total. The molecule has 1 unspecified atom stereocenters. The van der Waals surface area contributed by atoms with Gasteiger partial charge in [0.1, 0.15) is 0 Å². The van der Waals surface area contributed by atoms with Crippen molar-refractivity contribution in [1.82, 2.24) is 5.32 Å². The Hall–Kier alpha value is -1.71. The Morgan fingerprint density at radius 3 is 2.04 bits per heavy atom. The number of benzene rings is 1. The lowest BCUT2D eigenvalue weighted by molar-refractivity contribution is -0.147. The molecule has 142 valence electrons. The highest BCUT2D eigenvalue weighted by atomic mass is 16.5. The number of ether oxygens (including phenoxy) is 2. The van der Waals surface area contributed by atoms with Gasteiger partial charge in [-0.2, -0.15) is 0 Å². The fraction of sp³-hybridized carbons (Fsp3) is 0.682. The summed E-state index contributed by atoms with van der Waals surface area (Å²) in [6, 6.07) is 3.95. The third kappa shape index (κ3) is 2.87. The van der Waals surface area contributed by atoms with Crippen molar-refractivity contribution in [2.24, 2.45) is 23.2 Å². The minimum absolute atomic E-state index is 0.0321. The van der Waals surface area contributed by atoms with Crippen LogP contribution in [0.2, 0.25) is 0 Å². The summed E-state index contributed by atoms with van der Waals surface area (Å²) in [6.45, 7) is 4.14. The zero-order valence-electron chi connectivity index (χ0n) is 16.4. The van der Waals surface area contributed by atoms with Crippen molar-refractivity contribution in [3.63, 3.8) is 0 Å². The van der Waals surface area contributed by atoms with Crippen LogP contribution in [0.25, 0.3) is 0 Å². The van der Waals surface area contributed by atoms with E-state index >= 15 is 0 Å². The summed E-state index contributed by atoms with van der Waals surface area (Å²) in [5.41, 5.74) is 2.11. The monoisotopic (exact) mass is 357 g/mol. The molecule has 5 rings (SSSR count). The molecule has 0 radical (unpaired) electrons. The predicted octanol–water partition coefficient (Wildman–Crippen LogP) is 4.41. The molecule has 1 aromatic carbocycles. The van der Waals surface area contributed by atoms with Gasteiger partial charge < -0.3 is 14.8 Å². The van der Waals surface area contributed by atoms with E-state index in [2.05, 4.69) is 19.2 Å². The Balaban J connectivity index is 1.53. The molecule has 4 heteroatoms. The molecule has 26 heavy (non-hydrogen) atoms. The number of hydrogen-bond acceptors (Lipinski definition) is 3. The van der Waals surface area contributed by atoms with Crippen molar-refractivity contribution >= 4 is 5.91 Å². The molecule has 1 N–H and O–H groups in total. The van der Waals surface area contributed by atoms with Gasteiger partial charge in [-0.05, 0) is 93.4 Å². The van der Waals surface area contributed by atoms with E-state index in [0.717, 1.165) is 53.9 Å². The molecular weight excluding hydrogens is 326 g/mol. The van der Waals surface area contributed by atoms with Crippen molar-refractivity contribution in [2.75, 3.05) is 14.2 Å². The van der Waals surface area contributed by atoms with Gasteiger partial charge in [0, 0.05) is 5.41 Å². The first kappa shape index (κ1) is 17.7. The standard InChI is InChI=1S/C22H31NO3/c1-13-5-19(25-3)20(26-4)9-18(13)14(2)23-21(24)22-10-15-6-16(11-22)8-17(7-15)12-22/h5,9,14-17H,6-8,10-12H2,1-4H3,(H,23,24). The minimum atomic E-state index is -0.104. The van der Waals surface area contributed by atoms with Gasteiger partial charge in [0.25, 0.3) is 0 Å². The molecule has 0 aliphatic heterocycles. The normalized spacial score (nSPS) is 33.0. The SMILES string of the molecule is COc1cc(C)c(C(C)NC(=O)C23CC4CC(CC(C4)C2)C3)cc1OC. The minimum Gasteiger partial charge on any atom is -0.493 e. The van der Waals surface area contributed by atoms with Crippen LogP contribution in [-0.2, 0) is 4.79 Å². The van der Waals surface area contributed by atoms with Gasteiger partial charge in [-0.25, -0.2) is 0 Å². The van der Waals surface area contributed by atoms with E-state index in [-0.39, 0.29) is 17.4 Å². The molecule has 4 bridgehead atoms. The molecular formula is C22H31NO3. The van der Waals surface area contributed by atoms with Crippen LogP contribution in [0.1, 0.15) is 62.6 Å². The van der Waals surface area contributed by atoms with Crippen LogP contribution in [0.3, 0.4) is 0 Å². The molecule has 1 atom stereocenters. The number of carbonyl (C=O) groups excluding carboxylic acids is 1. The molecule has 1 amide bonds. The maximum atomic E-state index is 13.3. The highest BCUT2D eigenvalue weighted by molar-refractivity contribution is 5.83. The first-order valence-electron chi connectivity index (χ1n) is 9.97. The van der Waals surface area contributed by atoms with E-state index in [1.807, 2.05) is 12.1 Å². The van der Waals surface area contributed by atoms with Crippen molar-refractivity contribution in [1.29, 1.82) is 0 Å². The van der Waals surface area contributed by atoms with Crippen LogP contribution >= 0.6 is 0 Å². The molecule has 4 saturated carbocycles. The van der Waals surface area contributed by atoms with E-state index in [9.17, 15) is 4.79 Å². The zero-order chi connectivity index (χ0) is 18.5. The van der Waals surface area contributed by atoms with Crippen LogP contribution in [0, 0.1) is 30.1 Å². The molecule has 0 heterocycles. The maximum Gasteiger partial charge on any atom is 0.226 e. The Morgan fingerprint density at radius 1 is 1.04 bits per heavy atom. The maximum absolute atomic E-state index is 13.3. The number of hydrogen-bond donors (Lipinski definition) is 1. The second kappa shape index (κ2) is 6.47. The zero-order valence-corrected chi connectivity index (χ0v) is 16.4. The topological polar surface area (TPSA) is 47.6 Å². The average molecular weight is 357 g/mol. The predicted molar refractivity (Wildman–Crippen MR) is 101 cm³/mol. The molecule has 4 fully saturated rings. The first-order chi connectivity index (χ1) is 12.4. The molecule has 4 aliphatic rings. The number of nitrogens with one attached hydrogen (secondary N) is 1. The van der Waals surface area contributed by atoms with Crippen molar-refractivity contribution in [3.05, 3.63) is 23.3 Å². The summed E-state index contributed by atoms with van der Waals surface area (Å²) in [6.07, 6.45) is 7.37. The number of carbonyl (C=O) groups is 1. The lowest BCUT2D eigenvalue weighted by atomic mass is 9.49. The van der Waals surface area contributed by atoms with E-state index < -0.39 is 0 Å². The largest absolute Gasteiger partial charge is 0.493 e. The van der Waals surface area contributed by atoms with Gasteiger partial charge in [0.05, 0.1) is 20.3 Å². The molecule has 0 aromatic heterocycles. The Morgan fingerprint density at radius 2 is 1.54 bits per heavy atom. The van der Waals surface area contributed by atoms with Gasteiger partial charge in [-0.3, -0.25) is 4.79 Å². The third-order valence-electron chi connectivity index (χ3n) is 7.11. The average Bonchev–Trinajstić information content (AvgIpc) is 2.60. The van der Waals surface area contributed by atoms with Crippen LogP contribution in [0.4, 0.5) is 0 Å². The molecule has 4 aliphatic carbocycles. The number of amides is 1. The second-order valence-corrected chi connectivity index (χ2v) is 8.96. The van der Waals surface area contributed by atoms with E-state index in [4.69, 9.17) is 9.47 Å². The van der Waals surface area contributed by atoms with Crippen molar-refractivity contribution < 1.29 is 14.3 Å². The Kier molecular flexibility index (Phi) is 4.40. The first-order valence-corrected chi connectivity index (χ1v) is 9.97. The molecule has 0 saturated heterocycles. The Labute approximate surface area is 156 Å². The summed E-state index contributed by atoms with van der Waals surface area (Å²) in [4.78, 5) is 13.3. The lowest BCUT2D eigenvalue weighted by Gasteiger charge is -2.55. The fourth-order valence-corrected chi connectivity index (χ4v) is 6.28. The van der Waals surface area contributed by atoms with Gasteiger partial charge in [0.15, 0.2) is 11.5 Å². The van der Waals surface area contributed by atoms with Gasteiger partial charge in [-0.15, -0.1) is 0 Å².